The van der Waals surface area contributed by atoms with Crippen LogP contribution in [0, 0.1) is 0 Å². The Balaban J connectivity index is 2.11. The van der Waals surface area contributed by atoms with Gasteiger partial charge in [0.25, 0.3) is 0 Å². The van der Waals surface area contributed by atoms with Crippen LogP contribution >= 0.6 is 22.9 Å². The van der Waals surface area contributed by atoms with Crippen LogP contribution in [0.5, 0.6) is 0 Å². The number of aromatic carboxylic acids is 1. The molecule has 0 aliphatic carbocycles. The van der Waals surface area contributed by atoms with Crippen LogP contribution in [-0.4, -0.2) is 11.1 Å². The fourth-order valence-corrected chi connectivity index (χ4v) is 2.47. The van der Waals surface area contributed by atoms with E-state index in [9.17, 15) is 4.79 Å². The number of rotatable bonds is 4. The van der Waals surface area contributed by atoms with Crippen LogP contribution in [0.15, 0.2) is 35.7 Å². The molecule has 1 heterocycles. The molecule has 1 aromatic carbocycles. The Morgan fingerprint density at radius 3 is 2.82 bits per heavy atom. The van der Waals surface area contributed by atoms with Gasteiger partial charge in [0, 0.05) is 22.5 Å². The number of thiophene rings is 1. The van der Waals surface area contributed by atoms with Crippen molar-refractivity contribution in [3.8, 4) is 0 Å². The van der Waals surface area contributed by atoms with Gasteiger partial charge in [0.15, 0.2) is 0 Å². The highest BCUT2D eigenvalue weighted by atomic mass is 35.5. The van der Waals surface area contributed by atoms with E-state index in [1.807, 2.05) is 11.4 Å². The van der Waals surface area contributed by atoms with Crippen LogP contribution in [0.25, 0.3) is 0 Å². The molecule has 2 N–H and O–H groups in total. The van der Waals surface area contributed by atoms with Crippen molar-refractivity contribution in [1.82, 2.24) is 0 Å². The smallest absolute Gasteiger partial charge is 0.337 e. The van der Waals surface area contributed by atoms with Gasteiger partial charge in [-0.3, -0.25) is 0 Å². The van der Waals surface area contributed by atoms with Gasteiger partial charge in [-0.25, -0.2) is 4.79 Å². The second-order valence-corrected chi connectivity index (χ2v) is 4.87. The molecule has 0 amide bonds. The van der Waals surface area contributed by atoms with E-state index < -0.39 is 5.97 Å². The third-order valence-corrected chi connectivity index (χ3v) is 3.52. The molecule has 0 unspecified atom stereocenters. The summed E-state index contributed by atoms with van der Waals surface area (Å²) >= 11 is 7.35. The van der Waals surface area contributed by atoms with E-state index in [1.165, 1.54) is 0 Å². The molecular formula is C12H10ClNO2S. The van der Waals surface area contributed by atoms with Crippen molar-refractivity contribution >= 4 is 34.6 Å². The first-order valence-corrected chi connectivity index (χ1v) is 6.21. The van der Waals surface area contributed by atoms with Crippen molar-refractivity contribution in [3.05, 3.63) is 51.2 Å². The predicted molar refractivity (Wildman–Crippen MR) is 70.1 cm³/mol. The molecule has 0 aliphatic rings. The van der Waals surface area contributed by atoms with E-state index in [1.54, 1.807) is 35.6 Å². The number of carboxylic acids is 1. The summed E-state index contributed by atoms with van der Waals surface area (Å²) in [6, 6.07) is 8.69. The molecule has 0 radical (unpaired) electrons. The van der Waals surface area contributed by atoms with Gasteiger partial charge >= 0.3 is 5.97 Å². The standard InChI is InChI=1S/C12H10ClNO2S/c13-8-5-9(17-7-8)6-14-11-4-2-1-3-10(11)12(15)16/h1-5,7,14H,6H2,(H,15,16). The summed E-state index contributed by atoms with van der Waals surface area (Å²) in [5, 5.41) is 14.7. The highest BCUT2D eigenvalue weighted by molar-refractivity contribution is 7.10. The largest absolute Gasteiger partial charge is 0.478 e. The number of anilines is 1. The Labute approximate surface area is 108 Å². The Kier molecular flexibility index (Phi) is 3.66. The van der Waals surface area contributed by atoms with Crippen molar-refractivity contribution < 1.29 is 9.90 Å². The normalized spacial score (nSPS) is 10.2. The van der Waals surface area contributed by atoms with Crippen LogP contribution in [-0.2, 0) is 6.54 Å². The van der Waals surface area contributed by atoms with Crippen molar-refractivity contribution in [2.75, 3.05) is 5.32 Å². The number of halogens is 1. The van der Waals surface area contributed by atoms with Crippen molar-refractivity contribution in [2.24, 2.45) is 0 Å². The highest BCUT2D eigenvalue weighted by Gasteiger charge is 2.08. The monoisotopic (exact) mass is 267 g/mol. The van der Waals surface area contributed by atoms with Gasteiger partial charge in [-0.2, -0.15) is 0 Å². The fourth-order valence-electron chi connectivity index (χ4n) is 1.45. The van der Waals surface area contributed by atoms with Crippen LogP contribution in [0.3, 0.4) is 0 Å². The number of nitrogens with one attached hydrogen (secondary N) is 1. The number of benzene rings is 1. The van der Waals surface area contributed by atoms with Crippen LogP contribution in [0.4, 0.5) is 5.69 Å². The summed E-state index contributed by atoms with van der Waals surface area (Å²) in [4.78, 5) is 12.0. The van der Waals surface area contributed by atoms with Crippen molar-refractivity contribution in [2.45, 2.75) is 6.54 Å². The molecule has 0 saturated heterocycles. The zero-order valence-electron chi connectivity index (χ0n) is 8.81. The molecule has 0 bridgehead atoms. The summed E-state index contributed by atoms with van der Waals surface area (Å²) in [7, 11) is 0. The molecule has 0 aliphatic heterocycles. The molecule has 88 valence electrons. The van der Waals surface area contributed by atoms with Crippen molar-refractivity contribution in [3.63, 3.8) is 0 Å². The number of para-hydroxylation sites is 1. The van der Waals surface area contributed by atoms with Crippen LogP contribution < -0.4 is 5.32 Å². The first-order valence-electron chi connectivity index (χ1n) is 4.96. The van der Waals surface area contributed by atoms with E-state index in [-0.39, 0.29) is 5.56 Å². The third-order valence-electron chi connectivity index (χ3n) is 2.23. The Bertz CT molecular complexity index is 539. The molecule has 0 fully saturated rings. The maximum absolute atomic E-state index is 11.0. The summed E-state index contributed by atoms with van der Waals surface area (Å²) in [6.07, 6.45) is 0. The zero-order valence-corrected chi connectivity index (χ0v) is 10.4. The number of hydrogen-bond donors (Lipinski definition) is 2. The summed E-state index contributed by atoms with van der Waals surface area (Å²) < 4.78 is 0. The maximum atomic E-state index is 11.0. The van der Waals surface area contributed by atoms with Gasteiger partial charge in [0.2, 0.25) is 0 Å². The van der Waals surface area contributed by atoms with E-state index in [2.05, 4.69) is 5.32 Å². The van der Waals surface area contributed by atoms with Gasteiger partial charge in [0.05, 0.1) is 10.6 Å². The lowest BCUT2D eigenvalue weighted by atomic mass is 10.2. The average Bonchev–Trinajstić information content (AvgIpc) is 2.73. The third kappa shape index (κ3) is 2.99. The lowest BCUT2D eigenvalue weighted by Crippen LogP contribution is -2.05. The Morgan fingerprint density at radius 1 is 1.41 bits per heavy atom. The SMILES string of the molecule is O=C(O)c1ccccc1NCc1cc(Cl)cs1. The molecule has 3 nitrogen and oxygen atoms in total. The van der Waals surface area contributed by atoms with Gasteiger partial charge < -0.3 is 10.4 Å². The lowest BCUT2D eigenvalue weighted by Gasteiger charge is -2.07. The minimum Gasteiger partial charge on any atom is -0.478 e. The van der Waals surface area contributed by atoms with Gasteiger partial charge in [-0.15, -0.1) is 11.3 Å². The zero-order chi connectivity index (χ0) is 12.3. The molecule has 0 spiro atoms. The molecule has 17 heavy (non-hydrogen) atoms. The quantitative estimate of drug-likeness (QED) is 0.888. The molecule has 0 atom stereocenters. The van der Waals surface area contributed by atoms with E-state index >= 15 is 0 Å². The molecule has 2 rings (SSSR count). The molecule has 2 aromatic rings. The predicted octanol–water partition coefficient (Wildman–Crippen LogP) is 3.71. The first-order chi connectivity index (χ1) is 8.16. The van der Waals surface area contributed by atoms with Gasteiger partial charge in [-0.05, 0) is 18.2 Å². The van der Waals surface area contributed by atoms with Gasteiger partial charge in [0.1, 0.15) is 0 Å². The van der Waals surface area contributed by atoms with E-state index in [4.69, 9.17) is 16.7 Å². The number of carboxylic acid groups (broad SMARTS) is 1. The van der Waals surface area contributed by atoms with Gasteiger partial charge in [-0.1, -0.05) is 23.7 Å². The minimum atomic E-state index is -0.933. The topological polar surface area (TPSA) is 49.3 Å². The molecule has 1 aromatic heterocycles. The molecule has 0 saturated carbocycles. The van der Waals surface area contributed by atoms with Crippen molar-refractivity contribution in [1.29, 1.82) is 0 Å². The highest BCUT2D eigenvalue weighted by Crippen LogP contribution is 2.21. The Hall–Kier alpha value is -1.52. The second-order valence-electron chi connectivity index (χ2n) is 3.44. The summed E-state index contributed by atoms with van der Waals surface area (Å²) in [6.45, 7) is 0.571. The Morgan fingerprint density at radius 2 is 2.18 bits per heavy atom. The average molecular weight is 268 g/mol. The van der Waals surface area contributed by atoms with Crippen LogP contribution in [0.2, 0.25) is 5.02 Å². The minimum absolute atomic E-state index is 0.273. The number of carbonyl (C=O) groups is 1. The maximum Gasteiger partial charge on any atom is 0.337 e. The van der Waals surface area contributed by atoms with Crippen LogP contribution in [0.1, 0.15) is 15.2 Å². The molecule has 5 heteroatoms. The summed E-state index contributed by atoms with van der Waals surface area (Å²) in [5.74, 6) is -0.933. The van der Waals surface area contributed by atoms with E-state index in [0.717, 1.165) is 4.88 Å². The van der Waals surface area contributed by atoms with E-state index in [0.29, 0.717) is 17.3 Å². The summed E-state index contributed by atoms with van der Waals surface area (Å²) in [5.41, 5.74) is 0.889. The second kappa shape index (κ2) is 5.21. The lowest BCUT2D eigenvalue weighted by molar-refractivity contribution is 0.0698. The fraction of sp³-hybridized carbons (Fsp3) is 0.0833. The first kappa shape index (κ1) is 12.0. The number of hydrogen-bond acceptors (Lipinski definition) is 3. The molecular weight excluding hydrogens is 258 g/mol.